The number of carbonyl (C=O) groups excluding carboxylic acids is 1. The first kappa shape index (κ1) is 21.5. The van der Waals surface area contributed by atoms with Gasteiger partial charge in [0.15, 0.2) is 0 Å². The second kappa shape index (κ2) is 9.41. The molecule has 9 heteroatoms. The van der Waals surface area contributed by atoms with E-state index in [1.165, 1.54) is 6.07 Å². The first-order valence-corrected chi connectivity index (χ1v) is 10.6. The van der Waals surface area contributed by atoms with Crippen LogP contribution >= 0.6 is 15.9 Å². The number of nitrogens with zero attached hydrogens (tertiary/aromatic N) is 2. The molecule has 0 aliphatic rings. The van der Waals surface area contributed by atoms with E-state index < -0.39 is 22.0 Å². The van der Waals surface area contributed by atoms with Gasteiger partial charge in [0.05, 0.1) is 4.90 Å². The zero-order valence-corrected chi connectivity index (χ0v) is 17.4. The highest BCUT2D eigenvalue weighted by atomic mass is 79.9. The number of nitrogens with one attached hydrogen (secondary N) is 1. The maximum atomic E-state index is 13.4. The van der Waals surface area contributed by atoms with Gasteiger partial charge in [0, 0.05) is 23.4 Å². The van der Waals surface area contributed by atoms with Crippen LogP contribution in [0.25, 0.3) is 0 Å². The molecule has 0 aliphatic carbocycles. The number of amides is 1. The zero-order valence-electron chi connectivity index (χ0n) is 15.0. The predicted octanol–water partition coefficient (Wildman–Crippen LogP) is 2.96. The van der Waals surface area contributed by atoms with Crippen molar-refractivity contribution in [1.29, 1.82) is 0 Å². The molecule has 1 atom stereocenters. The van der Waals surface area contributed by atoms with Gasteiger partial charge >= 0.3 is 0 Å². The molecule has 0 saturated carbocycles. The number of aromatic nitrogens is 1. The van der Waals surface area contributed by atoms with Crippen molar-refractivity contribution in [3.63, 3.8) is 0 Å². The molecule has 7 nitrogen and oxygen atoms in total. The van der Waals surface area contributed by atoms with Crippen LogP contribution in [0.3, 0.4) is 0 Å². The van der Waals surface area contributed by atoms with Crippen LogP contribution in [0.4, 0.5) is 0 Å². The number of carbonyl (C=O) groups is 1. The number of hydrogen-bond donors (Lipinski definition) is 2. The number of sulfonamides is 1. The van der Waals surface area contributed by atoms with Crippen molar-refractivity contribution < 1.29 is 18.4 Å². The minimum atomic E-state index is -4.04. The van der Waals surface area contributed by atoms with Crippen molar-refractivity contribution in [2.45, 2.75) is 37.8 Å². The second-order valence-corrected chi connectivity index (χ2v) is 9.18. The lowest BCUT2D eigenvalue weighted by atomic mass is 10.0. The van der Waals surface area contributed by atoms with Gasteiger partial charge in [-0.25, -0.2) is 13.9 Å². The van der Waals surface area contributed by atoms with E-state index in [-0.39, 0.29) is 23.8 Å². The van der Waals surface area contributed by atoms with Crippen LogP contribution in [0.15, 0.2) is 58.2 Å². The lowest BCUT2D eigenvalue weighted by Crippen LogP contribution is -2.49. The molecule has 1 aromatic carbocycles. The first-order chi connectivity index (χ1) is 12.8. The Labute approximate surface area is 167 Å². The standard InChI is InChI=1S/C18H22BrN3O4S/c1-13(2)10-16(18(23)21-24)22(12-14-6-5-9-20-11-14)27(25,26)17-8-4-3-7-15(17)19/h3-9,11,13,16,24H,10,12H2,1-2H3,(H,21,23)/t16-/m1/s1. The molecule has 2 rings (SSSR count). The van der Waals surface area contributed by atoms with E-state index in [1.54, 1.807) is 48.2 Å². The van der Waals surface area contributed by atoms with E-state index >= 15 is 0 Å². The van der Waals surface area contributed by atoms with Crippen LogP contribution in [-0.4, -0.2) is 34.9 Å². The SMILES string of the molecule is CC(C)C[C@H](C(=O)NO)N(Cc1cccnc1)S(=O)(=O)c1ccccc1Br. The summed E-state index contributed by atoms with van der Waals surface area (Å²) >= 11 is 3.27. The minimum Gasteiger partial charge on any atom is -0.289 e. The fourth-order valence-electron chi connectivity index (χ4n) is 2.69. The summed E-state index contributed by atoms with van der Waals surface area (Å²) in [5, 5.41) is 9.18. The number of halogens is 1. The van der Waals surface area contributed by atoms with Crippen LogP contribution in [-0.2, 0) is 21.4 Å². The summed E-state index contributed by atoms with van der Waals surface area (Å²) in [5.74, 6) is -0.749. The van der Waals surface area contributed by atoms with Crippen molar-refractivity contribution in [3.8, 4) is 0 Å². The third kappa shape index (κ3) is 5.35. The van der Waals surface area contributed by atoms with Crippen molar-refractivity contribution in [2.75, 3.05) is 0 Å². The van der Waals surface area contributed by atoms with E-state index in [1.807, 2.05) is 13.8 Å². The molecular weight excluding hydrogens is 434 g/mol. The Hall–Kier alpha value is -1.81. The van der Waals surface area contributed by atoms with Gasteiger partial charge in [0.1, 0.15) is 6.04 Å². The smallest absolute Gasteiger partial charge is 0.261 e. The molecule has 0 fully saturated rings. The highest BCUT2D eigenvalue weighted by Crippen LogP contribution is 2.29. The molecule has 0 spiro atoms. The maximum Gasteiger partial charge on any atom is 0.261 e. The first-order valence-electron chi connectivity index (χ1n) is 8.36. The fraction of sp³-hybridized carbons (Fsp3) is 0.333. The van der Waals surface area contributed by atoms with Crippen LogP contribution in [0.5, 0.6) is 0 Å². The summed E-state index contributed by atoms with van der Waals surface area (Å²) in [4.78, 5) is 16.4. The Balaban J connectivity index is 2.57. The number of hydroxylamine groups is 1. The van der Waals surface area contributed by atoms with Gasteiger partial charge in [-0.3, -0.25) is 15.0 Å². The van der Waals surface area contributed by atoms with Crippen LogP contribution in [0, 0.1) is 5.92 Å². The number of benzene rings is 1. The molecule has 2 aromatic rings. The molecule has 2 N–H and O–H groups in total. The number of hydrogen-bond acceptors (Lipinski definition) is 5. The lowest BCUT2D eigenvalue weighted by Gasteiger charge is -2.30. The molecule has 0 radical (unpaired) electrons. The quantitative estimate of drug-likeness (QED) is 0.470. The Morgan fingerprint density at radius 3 is 2.52 bits per heavy atom. The van der Waals surface area contributed by atoms with Crippen LogP contribution in [0.2, 0.25) is 0 Å². The zero-order chi connectivity index (χ0) is 20.0. The minimum absolute atomic E-state index is 0.0260. The van der Waals surface area contributed by atoms with Gasteiger partial charge in [-0.2, -0.15) is 4.31 Å². The largest absolute Gasteiger partial charge is 0.289 e. The Kier molecular flexibility index (Phi) is 7.49. The Morgan fingerprint density at radius 2 is 1.96 bits per heavy atom. The summed E-state index contributed by atoms with van der Waals surface area (Å²) in [5.41, 5.74) is 2.23. The summed E-state index contributed by atoms with van der Waals surface area (Å²) in [6, 6.07) is 8.77. The van der Waals surface area contributed by atoms with E-state index in [4.69, 9.17) is 0 Å². The maximum absolute atomic E-state index is 13.4. The lowest BCUT2D eigenvalue weighted by molar-refractivity contribution is -0.133. The molecule has 27 heavy (non-hydrogen) atoms. The molecule has 0 bridgehead atoms. The monoisotopic (exact) mass is 455 g/mol. The Bertz CT molecular complexity index is 875. The van der Waals surface area contributed by atoms with Gasteiger partial charge in [0.25, 0.3) is 5.91 Å². The molecule has 0 saturated heterocycles. The summed E-state index contributed by atoms with van der Waals surface area (Å²) in [7, 11) is -4.04. The fourth-order valence-corrected chi connectivity index (χ4v) is 5.24. The van der Waals surface area contributed by atoms with Gasteiger partial charge in [-0.15, -0.1) is 0 Å². The molecular formula is C18H22BrN3O4S. The molecule has 1 heterocycles. The number of pyridine rings is 1. The molecule has 0 unspecified atom stereocenters. The van der Waals surface area contributed by atoms with Crippen molar-refractivity contribution in [2.24, 2.45) is 5.92 Å². The molecule has 1 amide bonds. The van der Waals surface area contributed by atoms with Crippen LogP contribution < -0.4 is 5.48 Å². The van der Waals surface area contributed by atoms with Gasteiger partial charge in [-0.1, -0.05) is 32.0 Å². The summed E-state index contributed by atoms with van der Waals surface area (Å²) in [6.07, 6.45) is 3.38. The van der Waals surface area contributed by atoms with E-state index in [0.717, 1.165) is 4.31 Å². The summed E-state index contributed by atoms with van der Waals surface area (Å²) in [6.45, 7) is 3.71. The predicted molar refractivity (Wildman–Crippen MR) is 104 cm³/mol. The van der Waals surface area contributed by atoms with Crippen LogP contribution in [0.1, 0.15) is 25.8 Å². The van der Waals surface area contributed by atoms with Crippen molar-refractivity contribution >= 4 is 31.9 Å². The van der Waals surface area contributed by atoms with E-state index in [0.29, 0.717) is 10.0 Å². The van der Waals surface area contributed by atoms with Crippen molar-refractivity contribution in [3.05, 3.63) is 58.8 Å². The molecule has 1 aromatic heterocycles. The van der Waals surface area contributed by atoms with E-state index in [2.05, 4.69) is 20.9 Å². The highest BCUT2D eigenvalue weighted by Gasteiger charge is 2.37. The average molecular weight is 456 g/mol. The summed E-state index contributed by atoms with van der Waals surface area (Å²) < 4.78 is 28.3. The average Bonchev–Trinajstić information content (AvgIpc) is 2.64. The molecule has 146 valence electrons. The van der Waals surface area contributed by atoms with E-state index in [9.17, 15) is 18.4 Å². The topological polar surface area (TPSA) is 99.6 Å². The third-order valence-corrected chi connectivity index (χ3v) is 6.81. The second-order valence-electron chi connectivity index (χ2n) is 6.46. The normalized spacial score (nSPS) is 13.0. The number of rotatable bonds is 8. The Morgan fingerprint density at radius 1 is 1.26 bits per heavy atom. The van der Waals surface area contributed by atoms with Gasteiger partial charge < -0.3 is 0 Å². The highest BCUT2D eigenvalue weighted by molar-refractivity contribution is 9.10. The van der Waals surface area contributed by atoms with Gasteiger partial charge in [-0.05, 0) is 52.0 Å². The van der Waals surface area contributed by atoms with Crippen molar-refractivity contribution in [1.82, 2.24) is 14.8 Å². The van der Waals surface area contributed by atoms with Gasteiger partial charge in [0.2, 0.25) is 10.0 Å². The molecule has 0 aliphatic heterocycles. The third-order valence-electron chi connectivity index (χ3n) is 3.94.